The molecule has 2 saturated carbocycles. The first kappa shape index (κ1) is 20.0. The van der Waals surface area contributed by atoms with Gasteiger partial charge in [0, 0.05) is 30.2 Å². The van der Waals surface area contributed by atoms with Crippen LogP contribution in [0.5, 0.6) is 0 Å². The third-order valence-electron chi connectivity index (χ3n) is 7.00. The molecule has 0 radical (unpaired) electrons. The van der Waals surface area contributed by atoms with Gasteiger partial charge in [-0.05, 0) is 48.8 Å². The minimum Gasteiger partial charge on any atom is -0.349 e. The molecule has 1 N–H and O–H groups in total. The predicted octanol–water partition coefficient (Wildman–Crippen LogP) is 5.08. The lowest BCUT2D eigenvalue weighted by Gasteiger charge is -2.39. The molecular formula is C26H30N4O. The summed E-state index contributed by atoms with van der Waals surface area (Å²) >= 11 is 0. The molecule has 160 valence electrons. The molecule has 2 aliphatic carbocycles. The molecule has 0 bridgehead atoms. The summed E-state index contributed by atoms with van der Waals surface area (Å²) in [5.74, 6) is 1.64. The Morgan fingerprint density at radius 1 is 1.00 bits per heavy atom. The number of benzene rings is 1. The van der Waals surface area contributed by atoms with Crippen molar-refractivity contribution in [2.24, 2.45) is 11.8 Å². The van der Waals surface area contributed by atoms with Crippen LogP contribution >= 0.6 is 0 Å². The molecule has 31 heavy (non-hydrogen) atoms. The van der Waals surface area contributed by atoms with Crippen molar-refractivity contribution in [2.45, 2.75) is 57.5 Å². The largest absolute Gasteiger partial charge is 0.349 e. The van der Waals surface area contributed by atoms with Crippen molar-refractivity contribution in [3.05, 3.63) is 72.2 Å². The second-order valence-electron chi connectivity index (χ2n) is 9.10. The van der Waals surface area contributed by atoms with Crippen molar-refractivity contribution in [2.75, 3.05) is 0 Å². The number of rotatable bonds is 5. The Balaban J connectivity index is 1.37. The zero-order valence-corrected chi connectivity index (χ0v) is 17.9. The van der Waals surface area contributed by atoms with Crippen LogP contribution in [0, 0.1) is 11.8 Å². The Labute approximate surface area is 183 Å². The van der Waals surface area contributed by atoms with Crippen LogP contribution in [0.25, 0.3) is 11.3 Å². The van der Waals surface area contributed by atoms with Crippen LogP contribution in [-0.4, -0.2) is 26.7 Å². The summed E-state index contributed by atoms with van der Waals surface area (Å²) in [4.78, 5) is 17.6. The quantitative estimate of drug-likeness (QED) is 0.633. The number of hydrogen-bond donors (Lipinski definition) is 1. The van der Waals surface area contributed by atoms with Gasteiger partial charge in [0.25, 0.3) is 5.91 Å². The van der Waals surface area contributed by atoms with Crippen molar-refractivity contribution >= 4 is 5.91 Å². The van der Waals surface area contributed by atoms with E-state index in [0.29, 0.717) is 17.8 Å². The van der Waals surface area contributed by atoms with E-state index < -0.39 is 0 Å². The minimum atomic E-state index is -0.0163. The zero-order valence-electron chi connectivity index (χ0n) is 17.9. The van der Waals surface area contributed by atoms with Crippen molar-refractivity contribution in [1.82, 2.24) is 20.1 Å². The van der Waals surface area contributed by atoms with Crippen LogP contribution in [-0.2, 0) is 6.54 Å². The van der Waals surface area contributed by atoms with Gasteiger partial charge in [0.15, 0.2) is 0 Å². The number of nitrogens with one attached hydrogen (secondary N) is 1. The first-order valence-corrected chi connectivity index (χ1v) is 11.6. The fourth-order valence-corrected chi connectivity index (χ4v) is 5.42. The molecule has 0 saturated heterocycles. The summed E-state index contributed by atoms with van der Waals surface area (Å²) in [6.07, 6.45) is 14.3. The lowest BCUT2D eigenvalue weighted by Crippen LogP contribution is -2.41. The van der Waals surface area contributed by atoms with Gasteiger partial charge in [-0.3, -0.25) is 14.5 Å². The molecule has 2 aromatic heterocycles. The number of aromatic nitrogens is 3. The van der Waals surface area contributed by atoms with Gasteiger partial charge < -0.3 is 5.32 Å². The number of carbonyl (C=O) groups excluding carboxylic acids is 1. The van der Waals surface area contributed by atoms with Gasteiger partial charge in [0.2, 0.25) is 0 Å². The van der Waals surface area contributed by atoms with E-state index >= 15 is 0 Å². The summed E-state index contributed by atoms with van der Waals surface area (Å²) < 4.78 is 1.87. The Bertz CT molecular complexity index is 1010. The van der Waals surface area contributed by atoms with Gasteiger partial charge >= 0.3 is 0 Å². The lowest BCUT2D eigenvalue weighted by atomic mass is 9.69. The van der Waals surface area contributed by atoms with Gasteiger partial charge in [-0.15, -0.1) is 0 Å². The Morgan fingerprint density at radius 3 is 2.65 bits per heavy atom. The van der Waals surface area contributed by atoms with E-state index in [9.17, 15) is 4.79 Å². The first-order chi connectivity index (χ1) is 15.3. The monoisotopic (exact) mass is 414 g/mol. The number of hydrogen-bond acceptors (Lipinski definition) is 3. The molecule has 5 heteroatoms. The highest BCUT2D eigenvalue weighted by molar-refractivity contribution is 5.99. The van der Waals surface area contributed by atoms with E-state index in [1.54, 1.807) is 12.4 Å². The Kier molecular flexibility index (Phi) is 5.83. The summed E-state index contributed by atoms with van der Waals surface area (Å²) in [6, 6.07) is 14.3. The normalized spacial score (nSPS) is 23.2. The predicted molar refractivity (Wildman–Crippen MR) is 122 cm³/mol. The van der Waals surface area contributed by atoms with Crippen molar-refractivity contribution < 1.29 is 4.79 Å². The van der Waals surface area contributed by atoms with Crippen LogP contribution in [0.4, 0.5) is 0 Å². The fourth-order valence-electron chi connectivity index (χ4n) is 5.42. The Hall–Kier alpha value is -2.95. The molecule has 2 heterocycles. The number of amides is 1. The van der Waals surface area contributed by atoms with E-state index in [-0.39, 0.29) is 11.9 Å². The van der Waals surface area contributed by atoms with Crippen molar-refractivity contribution in [3.8, 4) is 11.3 Å². The molecular weight excluding hydrogens is 384 g/mol. The maximum Gasteiger partial charge on any atom is 0.255 e. The molecule has 0 aliphatic heterocycles. The maximum atomic E-state index is 13.3. The smallest absolute Gasteiger partial charge is 0.255 e. The minimum absolute atomic E-state index is 0.0163. The Morgan fingerprint density at radius 2 is 1.84 bits per heavy atom. The average molecular weight is 415 g/mol. The van der Waals surface area contributed by atoms with Crippen LogP contribution in [0.3, 0.4) is 0 Å². The lowest BCUT2D eigenvalue weighted by molar-refractivity contribution is 0.0880. The average Bonchev–Trinajstić information content (AvgIpc) is 3.24. The maximum absolute atomic E-state index is 13.3. The van der Waals surface area contributed by atoms with Crippen LogP contribution in [0.15, 0.2) is 61.1 Å². The highest BCUT2D eigenvalue weighted by Crippen LogP contribution is 2.40. The number of fused-ring (bicyclic) bond motifs is 1. The third kappa shape index (κ3) is 4.55. The second-order valence-corrected chi connectivity index (χ2v) is 9.10. The summed E-state index contributed by atoms with van der Waals surface area (Å²) in [6.45, 7) is 0.633. The molecule has 1 amide bonds. The molecule has 0 unspecified atom stereocenters. The molecule has 1 aromatic carbocycles. The van der Waals surface area contributed by atoms with E-state index in [1.807, 2.05) is 41.2 Å². The van der Waals surface area contributed by atoms with E-state index in [2.05, 4.69) is 22.4 Å². The van der Waals surface area contributed by atoms with Crippen molar-refractivity contribution in [1.29, 1.82) is 0 Å². The number of pyridine rings is 1. The number of nitrogens with zero attached hydrogens (tertiary/aromatic N) is 3. The van der Waals surface area contributed by atoms with Gasteiger partial charge in [0.05, 0.1) is 12.1 Å². The highest BCUT2D eigenvalue weighted by Gasteiger charge is 2.33. The van der Waals surface area contributed by atoms with E-state index in [1.165, 1.54) is 32.1 Å². The van der Waals surface area contributed by atoms with Gasteiger partial charge in [-0.2, -0.15) is 5.10 Å². The van der Waals surface area contributed by atoms with E-state index in [0.717, 1.165) is 35.8 Å². The van der Waals surface area contributed by atoms with Crippen molar-refractivity contribution in [3.63, 3.8) is 0 Å². The second kappa shape index (κ2) is 9.04. The van der Waals surface area contributed by atoms with Crippen LogP contribution in [0.2, 0.25) is 0 Å². The van der Waals surface area contributed by atoms with Crippen LogP contribution in [0.1, 0.15) is 60.9 Å². The third-order valence-corrected chi connectivity index (χ3v) is 7.00. The standard InChI is InChI=1S/C26H30N4O/c31-26(28-23-13-12-20-9-4-5-10-21(20)15-23)24-18-30(17-19-7-2-1-3-8-19)29-25(24)22-11-6-14-27-16-22/h1-3,6-8,11,14,16,18,20-21,23H,4-5,9-10,12-13,15,17H2,(H,28,31)/t20-,21-,23-/m1/s1. The van der Waals surface area contributed by atoms with Crippen LogP contribution < -0.4 is 5.32 Å². The summed E-state index contributed by atoms with van der Waals surface area (Å²) in [5, 5.41) is 8.11. The molecule has 3 aromatic rings. The molecule has 5 rings (SSSR count). The molecule has 3 atom stereocenters. The number of carbonyl (C=O) groups is 1. The van der Waals surface area contributed by atoms with Gasteiger partial charge in [-0.1, -0.05) is 56.0 Å². The summed E-state index contributed by atoms with van der Waals surface area (Å²) in [5.41, 5.74) is 3.36. The van der Waals surface area contributed by atoms with E-state index in [4.69, 9.17) is 5.10 Å². The SMILES string of the molecule is O=C(N[C@@H]1CC[C@H]2CCCC[C@@H]2C1)c1cn(Cc2ccccc2)nc1-c1cccnc1. The summed E-state index contributed by atoms with van der Waals surface area (Å²) in [7, 11) is 0. The van der Waals surface area contributed by atoms with Gasteiger partial charge in [-0.25, -0.2) is 0 Å². The zero-order chi connectivity index (χ0) is 21.0. The molecule has 2 aliphatic rings. The highest BCUT2D eigenvalue weighted by atomic mass is 16.1. The molecule has 2 fully saturated rings. The first-order valence-electron chi connectivity index (χ1n) is 11.6. The van der Waals surface area contributed by atoms with Gasteiger partial charge in [0.1, 0.15) is 5.69 Å². The molecule has 5 nitrogen and oxygen atoms in total. The fraction of sp³-hybridized carbons (Fsp3) is 0.423. The topological polar surface area (TPSA) is 59.8 Å². The molecule has 0 spiro atoms.